The van der Waals surface area contributed by atoms with E-state index in [-0.39, 0.29) is 5.76 Å². The van der Waals surface area contributed by atoms with Crippen LogP contribution in [0.2, 0.25) is 0 Å². The van der Waals surface area contributed by atoms with E-state index in [4.69, 9.17) is 4.42 Å². The van der Waals surface area contributed by atoms with Crippen LogP contribution < -0.4 is 0 Å². The van der Waals surface area contributed by atoms with Crippen LogP contribution in [0.4, 0.5) is 0 Å². The summed E-state index contributed by atoms with van der Waals surface area (Å²) in [5.74, 6) is -0.115. The Balaban J connectivity index is 1.69. The molecule has 1 aliphatic rings. The fourth-order valence-electron chi connectivity index (χ4n) is 2.90. The van der Waals surface area contributed by atoms with Crippen molar-refractivity contribution >= 4 is 16.9 Å². The van der Waals surface area contributed by atoms with Crippen LogP contribution in [0.1, 0.15) is 21.9 Å². The number of carbonyl (C=O) groups is 1. The SMILES string of the molecule is O=C(O)c1oc2ccccc2c1CN1CCn2ncnc2C1. The van der Waals surface area contributed by atoms with Crippen LogP contribution in [-0.2, 0) is 19.6 Å². The second-order valence-electron chi connectivity index (χ2n) is 5.32. The van der Waals surface area contributed by atoms with Crippen molar-refractivity contribution < 1.29 is 14.3 Å². The predicted octanol–water partition coefficient (Wildman–Crippen LogP) is 1.74. The van der Waals surface area contributed by atoms with E-state index in [0.717, 1.165) is 29.9 Å². The number of hydrogen-bond donors (Lipinski definition) is 1. The van der Waals surface area contributed by atoms with Gasteiger partial charge in [-0.1, -0.05) is 18.2 Å². The molecule has 7 heteroatoms. The Morgan fingerprint density at radius 2 is 2.18 bits per heavy atom. The van der Waals surface area contributed by atoms with Gasteiger partial charge in [0.25, 0.3) is 0 Å². The van der Waals surface area contributed by atoms with E-state index >= 15 is 0 Å². The molecule has 1 N–H and O–H groups in total. The van der Waals surface area contributed by atoms with E-state index in [9.17, 15) is 9.90 Å². The largest absolute Gasteiger partial charge is 0.475 e. The van der Waals surface area contributed by atoms with Gasteiger partial charge in [-0.25, -0.2) is 14.5 Å². The Bertz CT molecular complexity index is 851. The maximum absolute atomic E-state index is 11.5. The first kappa shape index (κ1) is 13.0. The Hall–Kier alpha value is -2.67. The van der Waals surface area contributed by atoms with Gasteiger partial charge in [0.1, 0.15) is 17.7 Å². The van der Waals surface area contributed by atoms with Crippen molar-refractivity contribution in [2.75, 3.05) is 6.54 Å². The molecule has 0 spiro atoms. The van der Waals surface area contributed by atoms with E-state index in [0.29, 0.717) is 18.7 Å². The van der Waals surface area contributed by atoms with Crippen molar-refractivity contribution in [3.63, 3.8) is 0 Å². The fraction of sp³-hybridized carbons (Fsp3) is 0.267. The number of benzene rings is 1. The zero-order valence-corrected chi connectivity index (χ0v) is 11.8. The number of fused-ring (bicyclic) bond motifs is 2. The fourth-order valence-corrected chi connectivity index (χ4v) is 2.90. The summed E-state index contributed by atoms with van der Waals surface area (Å²) in [6.45, 7) is 2.73. The summed E-state index contributed by atoms with van der Waals surface area (Å²) in [6.07, 6.45) is 1.55. The lowest BCUT2D eigenvalue weighted by Gasteiger charge is -2.26. The minimum absolute atomic E-state index is 0.0215. The third kappa shape index (κ3) is 2.06. The normalized spacial score (nSPS) is 15.1. The highest BCUT2D eigenvalue weighted by atomic mass is 16.4. The molecule has 112 valence electrons. The molecule has 0 aliphatic carbocycles. The molecule has 3 heterocycles. The number of rotatable bonds is 3. The lowest BCUT2D eigenvalue weighted by Crippen LogP contribution is -2.34. The predicted molar refractivity (Wildman–Crippen MR) is 77.3 cm³/mol. The van der Waals surface area contributed by atoms with Gasteiger partial charge in [-0.3, -0.25) is 4.90 Å². The molecule has 4 rings (SSSR count). The lowest BCUT2D eigenvalue weighted by atomic mass is 10.1. The average molecular weight is 298 g/mol. The van der Waals surface area contributed by atoms with Crippen LogP contribution in [0, 0.1) is 0 Å². The minimum Gasteiger partial charge on any atom is -0.475 e. The average Bonchev–Trinajstić information content (AvgIpc) is 3.12. The summed E-state index contributed by atoms with van der Waals surface area (Å²) in [5, 5.41) is 14.4. The zero-order chi connectivity index (χ0) is 15.1. The van der Waals surface area contributed by atoms with Crippen LogP contribution in [-0.4, -0.2) is 37.3 Å². The Morgan fingerprint density at radius 3 is 3.05 bits per heavy atom. The maximum atomic E-state index is 11.5. The quantitative estimate of drug-likeness (QED) is 0.793. The Kier molecular flexibility index (Phi) is 2.93. The second kappa shape index (κ2) is 4.96. The first-order valence-corrected chi connectivity index (χ1v) is 7.05. The van der Waals surface area contributed by atoms with E-state index in [1.165, 1.54) is 0 Å². The number of furan rings is 1. The van der Waals surface area contributed by atoms with Crippen molar-refractivity contribution in [3.05, 3.63) is 47.7 Å². The van der Waals surface area contributed by atoms with Gasteiger partial charge in [0, 0.05) is 24.0 Å². The van der Waals surface area contributed by atoms with Gasteiger partial charge in [-0.05, 0) is 6.07 Å². The minimum atomic E-state index is -1.04. The van der Waals surface area contributed by atoms with Gasteiger partial charge in [0.05, 0.1) is 13.1 Å². The number of aromatic nitrogens is 3. The van der Waals surface area contributed by atoms with Crippen LogP contribution in [0.3, 0.4) is 0 Å². The van der Waals surface area contributed by atoms with Gasteiger partial charge in [0.2, 0.25) is 5.76 Å². The molecule has 0 radical (unpaired) electrons. The van der Waals surface area contributed by atoms with Gasteiger partial charge in [-0.15, -0.1) is 0 Å². The summed E-state index contributed by atoms with van der Waals surface area (Å²) in [4.78, 5) is 17.8. The Morgan fingerprint density at radius 1 is 1.32 bits per heavy atom. The van der Waals surface area contributed by atoms with Crippen LogP contribution >= 0.6 is 0 Å². The molecule has 1 aromatic carbocycles. The molecule has 0 bridgehead atoms. The van der Waals surface area contributed by atoms with Gasteiger partial charge in [-0.2, -0.15) is 5.10 Å². The maximum Gasteiger partial charge on any atom is 0.372 e. The molecule has 3 aromatic rings. The third-order valence-electron chi connectivity index (χ3n) is 3.96. The number of para-hydroxylation sites is 1. The molecule has 7 nitrogen and oxygen atoms in total. The summed E-state index contributed by atoms with van der Waals surface area (Å²) in [7, 11) is 0. The van der Waals surface area contributed by atoms with E-state index < -0.39 is 5.97 Å². The molecule has 22 heavy (non-hydrogen) atoms. The first-order valence-electron chi connectivity index (χ1n) is 7.05. The van der Waals surface area contributed by atoms with Crippen molar-refractivity contribution in [1.82, 2.24) is 19.7 Å². The van der Waals surface area contributed by atoms with E-state index in [1.54, 1.807) is 12.4 Å². The zero-order valence-electron chi connectivity index (χ0n) is 11.8. The molecule has 0 saturated heterocycles. The van der Waals surface area contributed by atoms with E-state index in [2.05, 4.69) is 15.0 Å². The smallest absolute Gasteiger partial charge is 0.372 e. The lowest BCUT2D eigenvalue weighted by molar-refractivity contribution is 0.0661. The third-order valence-corrected chi connectivity index (χ3v) is 3.96. The number of aromatic carboxylic acids is 1. The highest BCUT2D eigenvalue weighted by molar-refractivity contribution is 5.95. The molecule has 0 saturated carbocycles. The molecule has 1 aliphatic heterocycles. The molecule has 0 fully saturated rings. The van der Waals surface area contributed by atoms with Crippen molar-refractivity contribution in [1.29, 1.82) is 0 Å². The van der Waals surface area contributed by atoms with Crippen LogP contribution in [0.5, 0.6) is 0 Å². The van der Waals surface area contributed by atoms with Crippen molar-refractivity contribution in [2.24, 2.45) is 0 Å². The first-order chi connectivity index (χ1) is 10.7. The number of hydrogen-bond acceptors (Lipinski definition) is 5. The van der Waals surface area contributed by atoms with Crippen LogP contribution in [0.15, 0.2) is 35.0 Å². The molecular formula is C15H14N4O3. The summed E-state index contributed by atoms with van der Waals surface area (Å²) >= 11 is 0. The Labute approximate surface area is 125 Å². The van der Waals surface area contributed by atoms with E-state index in [1.807, 2.05) is 22.9 Å². The summed E-state index contributed by atoms with van der Waals surface area (Å²) in [6, 6.07) is 7.41. The standard InChI is InChI=1S/C15H14N4O3/c20-15(21)14-11(10-3-1-2-4-12(10)22-14)7-18-5-6-19-13(8-18)16-9-17-19/h1-4,9H,5-8H2,(H,20,21). The van der Waals surface area contributed by atoms with Crippen LogP contribution in [0.25, 0.3) is 11.0 Å². The topological polar surface area (TPSA) is 84.4 Å². The van der Waals surface area contributed by atoms with Gasteiger partial charge in [0.15, 0.2) is 0 Å². The molecule has 0 unspecified atom stereocenters. The molecule has 2 aromatic heterocycles. The number of carboxylic acids is 1. The molecule has 0 amide bonds. The number of carboxylic acid groups (broad SMARTS) is 1. The summed E-state index contributed by atoms with van der Waals surface area (Å²) < 4.78 is 7.37. The highest BCUT2D eigenvalue weighted by Gasteiger charge is 2.24. The molecule has 0 atom stereocenters. The molecular weight excluding hydrogens is 284 g/mol. The summed E-state index contributed by atoms with van der Waals surface area (Å²) in [5.41, 5.74) is 1.33. The monoisotopic (exact) mass is 298 g/mol. The second-order valence-corrected chi connectivity index (χ2v) is 5.32. The van der Waals surface area contributed by atoms with Crippen molar-refractivity contribution in [2.45, 2.75) is 19.6 Å². The van der Waals surface area contributed by atoms with Gasteiger partial charge >= 0.3 is 5.97 Å². The number of nitrogens with zero attached hydrogens (tertiary/aromatic N) is 4. The highest BCUT2D eigenvalue weighted by Crippen LogP contribution is 2.28. The van der Waals surface area contributed by atoms with Gasteiger partial charge < -0.3 is 9.52 Å². The van der Waals surface area contributed by atoms with Crippen molar-refractivity contribution in [3.8, 4) is 0 Å².